The predicted octanol–water partition coefficient (Wildman–Crippen LogP) is 3.55. The number of carbonyl (C=O) groups excluding carboxylic acids is 1. The highest BCUT2D eigenvalue weighted by atomic mass is 35.5. The smallest absolute Gasteiger partial charge is 0.178 e. The van der Waals surface area contributed by atoms with Gasteiger partial charge in [-0.25, -0.2) is 0 Å². The third kappa shape index (κ3) is 3.50. The Morgan fingerprint density at radius 2 is 2.15 bits per heavy atom. The molecule has 2 rings (SSSR count). The molecule has 0 saturated heterocycles. The van der Waals surface area contributed by atoms with Crippen molar-refractivity contribution in [2.75, 3.05) is 13.6 Å². The second-order valence-electron chi connectivity index (χ2n) is 5.13. The molecule has 1 unspecified atom stereocenters. The van der Waals surface area contributed by atoms with Crippen LogP contribution in [0.1, 0.15) is 28.9 Å². The molecular weight excluding hydrogens is 272 g/mol. The molecule has 2 aromatic rings. The van der Waals surface area contributed by atoms with E-state index in [0.29, 0.717) is 6.54 Å². The second-order valence-corrected chi connectivity index (χ2v) is 5.57. The van der Waals surface area contributed by atoms with Crippen molar-refractivity contribution in [2.24, 2.45) is 7.05 Å². The van der Waals surface area contributed by atoms with Gasteiger partial charge in [-0.05, 0) is 37.7 Å². The first-order valence-electron chi connectivity index (χ1n) is 6.58. The highest BCUT2D eigenvalue weighted by molar-refractivity contribution is 6.30. The van der Waals surface area contributed by atoms with Crippen LogP contribution in [0.5, 0.6) is 0 Å². The Bertz CT molecular complexity index is 606. The van der Waals surface area contributed by atoms with Gasteiger partial charge in [0.05, 0.1) is 6.54 Å². The number of ketones is 1. The maximum atomic E-state index is 12.2. The van der Waals surface area contributed by atoms with E-state index in [1.54, 1.807) is 0 Å². The molecule has 0 radical (unpaired) electrons. The van der Waals surface area contributed by atoms with Gasteiger partial charge in [-0.2, -0.15) is 0 Å². The van der Waals surface area contributed by atoms with Crippen molar-refractivity contribution >= 4 is 17.4 Å². The topological polar surface area (TPSA) is 25.2 Å². The van der Waals surface area contributed by atoms with Crippen LogP contribution < -0.4 is 0 Å². The van der Waals surface area contributed by atoms with E-state index in [4.69, 9.17) is 11.6 Å². The lowest BCUT2D eigenvalue weighted by Gasteiger charge is -2.24. The number of likely N-dealkylation sites (N-methyl/N-ethyl adjacent to an activating group) is 1. The Balaban J connectivity index is 2.04. The van der Waals surface area contributed by atoms with Crippen LogP contribution in [0.3, 0.4) is 0 Å². The van der Waals surface area contributed by atoms with E-state index < -0.39 is 0 Å². The van der Waals surface area contributed by atoms with Crippen molar-refractivity contribution in [2.45, 2.75) is 13.0 Å². The molecule has 1 heterocycles. The van der Waals surface area contributed by atoms with Gasteiger partial charge < -0.3 is 4.57 Å². The number of aromatic nitrogens is 1. The summed E-state index contributed by atoms with van der Waals surface area (Å²) in [5, 5.41) is 0.720. The lowest BCUT2D eigenvalue weighted by Crippen LogP contribution is -2.28. The summed E-state index contributed by atoms with van der Waals surface area (Å²) in [7, 11) is 3.86. The minimum Gasteiger partial charge on any atom is -0.357 e. The highest BCUT2D eigenvalue weighted by Gasteiger charge is 2.16. The molecule has 20 heavy (non-hydrogen) atoms. The maximum Gasteiger partial charge on any atom is 0.178 e. The van der Waals surface area contributed by atoms with E-state index in [9.17, 15) is 4.79 Å². The molecule has 0 bridgehead atoms. The van der Waals surface area contributed by atoms with Gasteiger partial charge in [0.25, 0.3) is 0 Å². The molecule has 1 aromatic heterocycles. The molecule has 1 atom stereocenters. The number of nitrogens with zero attached hydrogens (tertiary/aromatic N) is 2. The van der Waals surface area contributed by atoms with Crippen molar-refractivity contribution in [3.05, 3.63) is 58.9 Å². The average molecular weight is 291 g/mol. The van der Waals surface area contributed by atoms with E-state index in [2.05, 4.69) is 6.92 Å². The number of benzene rings is 1. The molecule has 0 aliphatic carbocycles. The number of aryl methyl sites for hydroxylation is 1. The Kier molecular flexibility index (Phi) is 4.63. The Labute approximate surface area is 124 Å². The van der Waals surface area contributed by atoms with Crippen molar-refractivity contribution < 1.29 is 4.79 Å². The van der Waals surface area contributed by atoms with Crippen LogP contribution in [0.4, 0.5) is 0 Å². The van der Waals surface area contributed by atoms with Crippen LogP contribution >= 0.6 is 11.6 Å². The highest BCUT2D eigenvalue weighted by Crippen LogP contribution is 2.22. The maximum absolute atomic E-state index is 12.2. The third-order valence-corrected chi connectivity index (χ3v) is 3.77. The van der Waals surface area contributed by atoms with E-state index in [-0.39, 0.29) is 11.8 Å². The van der Waals surface area contributed by atoms with Crippen molar-refractivity contribution in [3.63, 3.8) is 0 Å². The Hall–Kier alpha value is -1.58. The molecule has 106 valence electrons. The van der Waals surface area contributed by atoms with Crippen LogP contribution in [0.15, 0.2) is 42.7 Å². The summed E-state index contributed by atoms with van der Waals surface area (Å²) in [6.45, 7) is 2.46. The van der Waals surface area contributed by atoms with Gasteiger partial charge in [-0.15, -0.1) is 0 Å². The summed E-state index contributed by atoms with van der Waals surface area (Å²) in [6, 6.07) is 9.74. The average Bonchev–Trinajstić information content (AvgIpc) is 2.84. The number of carbonyl (C=O) groups is 1. The Morgan fingerprint density at radius 3 is 2.75 bits per heavy atom. The van der Waals surface area contributed by atoms with Crippen LogP contribution in [0.25, 0.3) is 0 Å². The van der Waals surface area contributed by atoms with Gasteiger partial charge in [0.15, 0.2) is 5.78 Å². The van der Waals surface area contributed by atoms with Crippen LogP contribution in [-0.4, -0.2) is 28.8 Å². The zero-order chi connectivity index (χ0) is 14.7. The number of Topliss-reactive ketones (excluding diaryl/α,β-unsaturated/α-hetero) is 1. The molecule has 0 amide bonds. The van der Waals surface area contributed by atoms with Crippen LogP contribution in [0.2, 0.25) is 5.02 Å². The number of halogens is 1. The predicted molar refractivity (Wildman–Crippen MR) is 82.2 cm³/mol. The lowest BCUT2D eigenvalue weighted by atomic mass is 10.1. The van der Waals surface area contributed by atoms with E-state index in [0.717, 1.165) is 16.1 Å². The number of hydrogen-bond donors (Lipinski definition) is 0. The van der Waals surface area contributed by atoms with Crippen molar-refractivity contribution in [1.82, 2.24) is 9.47 Å². The standard InChI is InChI=1S/C16H19ClN2O/c1-12(13-5-4-6-15(17)9-13)19(3)11-16(20)14-7-8-18(2)10-14/h4-10,12H,11H2,1-3H3. The molecule has 4 heteroatoms. The fraction of sp³-hybridized carbons (Fsp3) is 0.312. The summed E-state index contributed by atoms with van der Waals surface area (Å²) >= 11 is 6.01. The normalized spacial score (nSPS) is 12.7. The molecule has 0 fully saturated rings. The fourth-order valence-corrected chi connectivity index (χ4v) is 2.34. The quantitative estimate of drug-likeness (QED) is 0.787. The molecule has 0 N–H and O–H groups in total. The lowest BCUT2D eigenvalue weighted by molar-refractivity contribution is 0.0925. The first kappa shape index (κ1) is 14.8. The molecule has 1 aromatic carbocycles. The first-order chi connectivity index (χ1) is 9.47. The molecule has 0 saturated carbocycles. The monoisotopic (exact) mass is 290 g/mol. The number of hydrogen-bond acceptors (Lipinski definition) is 2. The van der Waals surface area contributed by atoms with Crippen molar-refractivity contribution in [1.29, 1.82) is 0 Å². The van der Waals surface area contributed by atoms with Crippen LogP contribution in [-0.2, 0) is 7.05 Å². The molecule has 3 nitrogen and oxygen atoms in total. The van der Waals surface area contributed by atoms with E-state index in [1.165, 1.54) is 0 Å². The number of rotatable bonds is 5. The molecule has 0 aliphatic heterocycles. The summed E-state index contributed by atoms with van der Waals surface area (Å²) in [5.74, 6) is 0.127. The zero-order valence-electron chi connectivity index (χ0n) is 12.0. The third-order valence-electron chi connectivity index (χ3n) is 3.54. The zero-order valence-corrected chi connectivity index (χ0v) is 12.8. The van der Waals surface area contributed by atoms with E-state index >= 15 is 0 Å². The van der Waals surface area contributed by atoms with Crippen LogP contribution in [0, 0.1) is 0 Å². The minimum atomic E-state index is 0.127. The minimum absolute atomic E-state index is 0.127. The van der Waals surface area contributed by atoms with Gasteiger partial charge in [-0.3, -0.25) is 9.69 Å². The summed E-state index contributed by atoms with van der Waals surface area (Å²) < 4.78 is 1.88. The fourth-order valence-electron chi connectivity index (χ4n) is 2.14. The summed E-state index contributed by atoms with van der Waals surface area (Å²) in [5.41, 5.74) is 1.86. The Morgan fingerprint density at radius 1 is 1.40 bits per heavy atom. The summed E-state index contributed by atoms with van der Waals surface area (Å²) in [6.07, 6.45) is 3.73. The van der Waals surface area contributed by atoms with Gasteiger partial charge in [-0.1, -0.05) is 23.7 Å². The molecule has 0 aliphatic rings. The van der Waals surface area contributed by atoms with Gasteiger partial charge in [0, 0.05) is 36.1 Å². The SMILES string of the molecule is CC(c1cccc(Cl)c1)N(C)CC(=O)c1ccn(C)c1. The summed E-state index contributed by atoms with van der Waals surface area (Å²) in [4.78, 5) is 14.2. The van der Waals surface area contributed by atoms with Gasteiger partial charge in [0.2, 0.25) is 0 Å². The van der Waals surface area contributed by atoms with Gasteiger partial charge in [0.1, 0.15) is 0 Å². The molecule has 0 spiro atoms. The first-order valence-corrected chi connectivity index (χ1v) is 6.96. The van der Waals surface area contributed by atoms with E-state index in [1.807, 2.05) is 66.3 Å². The van der Waals surface area contributed by atoms with Gasteiger partial charge >= 0.3 is 0 Å². The largest absolute Gasteiger partial charge is 0.357 e. The van der Waals surface area contributed by atoms with Crippen molar-refractivity contribution in [3.8, 4) is 0 Å². The molecular formula is C16H19ClN2O. The second kappa shape index (κ2) is 6.25.